The second-order valence-corrected chi connectivity index (χ2v) is 7.92. The minimum atomic E-state index is -0.586. The highest BCUT2D eigenvalue weighted by molar-refractivity contribution is 7.99. The van der Waals surface area contributed by atoms with Crippen LogP contribution >= 0.6 is 11.8 Å². The number of hydrogen-bond donors (Lipinski definition) is 1. The van der Waals surface area contributed by atoms with Gasteiger partial charge in [0.1, 0.15) is 6.04 Å². The molecule has 0 bridgehead atoms. The van der Waals surface area contributed by atoms with Crippen molar-refractivity contribution in [2.75, 3.05) is 12.3 Å². The van der Waals surface area contributed by atoms with Crippen molar-refractivity contribution < 1.29 is 14.5 Å². The predicted octanol–water partition coefficient (Wildman–Crippen LogP) is 3.69. The number of benzene rings is 2. The Kier molecular flexibility index (Phi) is 8.86. The van der Waals surface area contributed by atoms with Crippen molar-refractivity contribution in [2.24, 2.45) is 0 Å². The van der Waals surface area contributed by atoms with E-state index in [0.29, 0.717) is 18.8 Å². The fourth-order valence-electron chi connectivity index (χ4n) is 2.93. The molecule has 0 aliphatic carbocycles. The van der Waals surface area contributed by atoms with Crippen molar-refractivity contribution in [1.82, 2.24) is 10.2 Å². The van der Waals surface area contributed by atoms with E-state index in [1.807, 2.05) is 38.1 Å². The molecule has 0 aliphatic heterocycles. The minimum Gasteiger partial charge on any atom is -0.355 e. The third-order valence-corrected chi connectivity index (χ3v) is 5.75. The third-order valence-electron chi connectivity index (χ3n) is 4.76. The number of nitro groups is 1. The van der Waals surface area contributed by atoms with E-state index in [4.69, 9.17) is 0 Å². The summed E-state index contributed by atoms with van der Waals surface area (Å²) < 4.78 is 0. The molecule has 2 aromatic carbocycles. The maximum absolute atomic E-state index is 13.0. The van der Waals surface area contributed by atoms with E-state index in [-0.39, 0.29) is 23.3 Å². The molecule has 2 rings (SSSR count). The van der Waals surface area contributed by atoms with Crippen molar-refractivity contribution >= 4 is 29.3 Å². The summed E-state index contributed by atoms with van der Waals surface area (Å²) in [5, 5.41) is 13.5. The molecule has 0 radical (unpaired) electrons. The van der Waals surface area contributed by atoms with E-state index in [1.165, 1.54) is 23.9 Å². The van der Waals surface area contributed by atoms with E-state index in [2.05, 4.69) is 5.32 Å². The van der Waals surface area contributed by atoms with Gasteiger partial charge in [-0.3, -0.25) is 19.7 Å². The number of hydrogen-bond acceptors (Lipinski definition) is 5. The Bertz CT molecular complexity index is 886. The van der Waals surface area contributed by atoms with Crippen molar-refractivity contribution in [3.8, 4) is 0 Å². The fourth-order valence-corrected chi connectivity index (χ4v) is 3.80. The number of carbonyl (C=O) groups excluding carboxylic acids is 2. The molecule has 1 atom stereocenters. The standard InChI is InChI=1S/C22H27N3O4S/c1-4-23-22(27)17(3)24(13-19-8-6-5-7-16(19)2)21(26)15-30-14-18-9-11-20(12-10-18)25(28)29/h5-12,17H,4,13-15H2,1-3H3,(H,23,27)/t17-/m0/s1. The van der Waals surface area contributed by atoms with Gasteiger partial charge in [-0.15, -0.1) is 11.8 Å². The van der Waals surface area contributed by atoms with Crippen LogP contribution in [0, 0.1) is 17.0 Å². The first-order valence-electron chi connectivity index (χ1n) is 9.76. The molecule has 0 unspecified atom stereocenters. The van der Waals surface area contributed by atoms with Crippen LogP contribution in [-0.4, -0.2) is 40.0 Å². The zero-order valence-electron chi connectivity index (χ0n) is 17.5. The smallest absolute Gasteiger partial charge is 0.269 e. The zero-order valence-corrected chi connectivity index (χ0v) is 18.3. The van der Waals surface area contributed by atoms with E-state index in [0.717, 1.165) is 16.7 Å². The van der Waals surface area contributed by atoms with Crippen molar-refractivity contribution in [2.45, 2.75) is 39.1 Å². The van der Waals surface area contributed by atoms with Gasteiger partial charge in [-0.05, 0) is 37.5 Å². The summed E-state index contributed by atoms with van der Waals surface area (Å²) in [5.41, 5.74) is 3.01. The van der Waals surface area contributed by atoms with E-state index in [1.54, 1.807) is 24.0 Å². The van der Waals surface area contributed by atoms with Gasteiger partial charge >= 0.3 is 0 Å². The lowest BCUT2D eigenvalue weighted by Gasteiger charge is -2.29. The lowest BCUT2D eigenvalue weighted by Crippen LogP contribution is -2.48. The second kappa shape index (κ2) is 11.3. The van der Waals surface area contributed by atoms with Crippen LogP contribution in [0.25, 0.3) is 0 Å². The Labute approximate surface area is 181 Å². The first-order valence-corrected chi connectivity index (χ1v) is 10.9. The average molecular weight is 430 g/mol. The highest BCUT2D eigenvalue weighted by Gasteiger charge is 2.26. The summed E-state index contributed by atoms with van der Waals surface area (Å²) in [5.74, 6) is 0.466. The molecule has 8 heteroatoms. The number of carbonyl (C=O) groups is 2. The molecular weight excluding hydrogens is 402 g/mol. The van der Waals surface area contributed by atoms with Crippen molar-refractivity contribution in [3.63, 3.8) is 0 Å². The van der Waals surface area contributed by atoms with Gasteiger partial charge in [0.05, 0.1) is 10.7 Å². The average Bonchev–Trinajstić information content (AvgIpc) is 2.73. The van der Waals surface area contributed by atoms with E-state index < -0.39 is 11.0 Å². The van der Waals surface area contributed by atoms with Crippen LogP contribution in [0.4, 0.5) is 5.69 Å². The summed E-state index contributed by atoms with van der Waals surface area (Å²) in [6.45, 7) is 6.44. The summed E-state index contributed by atoms with van der Waals surface area (Å²) in [7, 11) is 0. The number of amides is 2. The minimum absolute atomic E-state index is 0.0417. The van der Waals surface area contributed by atoms with Gasteiger partial charge in [-0.1, -0.05) is 36.4 Å². The topological polar surface area (TPSA) is 92.6 Å². The van der Waals surface area contributed by atoms with Gasteiger partial charge in [0.2, 0.25) is 11.8 Å². The Hall–Kier alpha value is -2.87. The van der Waals surface area contributed by atoms with Gasteiger partial charge in [0.25, 0.3) is 5.69 Å². The molecule has 2 aromatic rings. The number of non-ortho nitro benzene ring substituents is 1. The molecule has 0 fully saturated rings. The molecule has 0 aliphatic rings. The molecule has 30 heavy (non-hydrogen) atoms. The third kappa shape index (κ3) is 6.59. The quantitative estimate of drug-likeness (QED) is 0.459. The van der Waals surface area contributed by atoms with Gasteiger partial charge < -0.3 is 10.2 Å². The second-order valence-electron chi connectivity index (χ2n) is 6.94. The molecule has 0 spiro atoms. The Morgan fingerprint density at radius 3 is 2.43 bits per heavy atom. The Morgan fingerprint density at radius 1 is 1.17 bits per heavy atom. The molecule has 7 nitrogen and oxygen atoms in total. The van der Waals surface area contributed by atoms with Crippen LogP contribution in [0.3, 0.4) is 0 Å². The molecule has 1 N–H and O–H groups in total. The van der Waals surface area contributed by atoms with Gasteiger partial charge in [-0.25, -0.2) is 0 Å². The molecule has 2 amide bonds. The molecule has 0 saturated carbocycles. The number of aryl methyl sites for hydroxylation is 1. The monoisotopic (exact) mass is 429 g/mol. The first-order chi connectivity index (χ1) is 14.3. The van der Waals surface area contributed by atoms with Gasteiger partial charge in [0.15, 0.2) is 0 Å². The maximum atomic E-state index is 13.0. The lowest BCUT2D eigenvalue weighted by atomic mass is 10.1. The van der Waals surface area contributed by atoms with Crippen LogP contribution in [0.2, 0.25) is 0 Å². The molecule has 0 heterocycles. The molecular formula is C22H27N3O4S. The summed E-state index contributed by atoms with van der Waals surface area (Å²) in [4.78, 5) is 37.3. The number of nitro benzene ring substituents is 1. The molecule has 0 saturated heterocycles. The number of rotatable bonds is 10. The highest BCUT2D eigenvalue weighted by atomic mass is 32.2. The van der Waals surface area contributed by atoms with Crippen LogP contribution < -0.4 is 5.32 Å². The summed E-state index contributed by atoms with van der Waals surface area (Å²) >= 11 is 1.42. The largest absolute Gasteiger partial charge is 0.355 e. The maximum Gasteiger partial charge on any atom is 0.269 e. The summed E-state index contributed by atoms with van der Waals surface area (Å²) in [6.07, 6.45) is 0. The fraction of sp³-hybridized carbons (Fsp3) is 0.364. The van der Waals surface area contributed by atoms with Crippen molar-refractivity contribution in [1.29, 1.82) is 0 Å². The van der Waals surface area contributed by atoms with Crippen LogP contribution in [-0.2, 0) is 21.9 Å². The zero-order chi connectivity index (χ0) is 22.1. The first kappa shape index (κ1) is 23.4. The van der Waals surface area contributed by atoms with Crippen molar-refractivity contribution in [3.05, 3.63) is 75.3 Å². The van der Waals surface area contributed by atoms with E-state index >= 15 is 0 Å². The SMILES string of the molecule is CCNC(=O)[C@H](C)N(Cc1ccccc1C)C(=O)CSCc1ccc([N+](=O)[O-])cc1. The number of likely N-dealkylation sites (N-methyl/N-ethyl adjacent to an activating group) is 1. The normalized spacial score (nSPS) is 11.6. The van der Waals surface area contributed by atoms with E-state index in [9.17, 15) is 19.7 Å². The number of nitrogens with zero attached hydrogens (tertiary/aromatic N) is 2. The number of thioether (sulfide) groups is 1. The highest BCUT2D eigenvalue weighted by Crippen LogP contribution is 2.19. The van der Waals surface area contributed by atoms with Gasteiger partial charge in [-0.2, -0.15) is 0 Å². The van der Waals surface area contributed by atoms with Gasteiger partial charge in [0, 0.05) is 31.0 Å². The molecule has 160 valence electrons. The Morgan fingerprint density at radius 2 is 1.83 bits per heavy atom. The van der Waals surface area contributed by atoms with Crippen LogP contribution in [0.5, 0.6) is 0 Å². The Balaban J connectivity index is 2.04. The van der Waals surface area contributed by atoms with Crippen LogP contribution in [0.1, 0.15) is 30.5 Å². The lowest BCUT2D eigenvalue weighted by molar-refractivity contribution is -0.384. The summed E-state index contributed by atoms with van der Waals surface area (Å²) in [6, 6.07) is 13.5. The predicted molar refractivity (Wildman–Crippen MR) is 119 cm³/mol. The van der Waals surface area contributed by atoms with Crippen LogP contribution in [0.15, 0.2) is 48.5 Å². The molecule has 0 aromatic heterocycles. The number of nitrogens with one attached hydrogen (secondary N) is 1.